The van der Waals surface area contributed by atoms with Crippen LogP contribution in [0.1, 0.15) is 79.6 Å². The minimum Gasteiger partial charge on any atom is -0.390 e. The smallest absolute Gasteiger partial charge is 0.0622 e. The van der Waals surface area contributed by atoms with Gasteiger partial charge in [0.15, 0.2) is 0 Å². The molecule has 1 aliphatic rings. The molecule has 1 N–H and O–H groups in total. The van der Waals surface area contributed by atoms with E-state index >= 15 is 0 Å². The lowest BCUT2D eigenvalue weighted by molar-refractivity contribution is 0.0384. The molecule has 1 rings (SSSR count). The van der Waals surface area contributed by atoms with E-state index in [-0.39, 0.29) is 0 Å². The highest BCUT2D eigenvalue weighted by Crippen LogP contribution is 2.30. The molecule has 0 saturated heterocycles. The zero-order valence-electron chi connectivity index (χ0n) is 14.2. The number of rotatable bonds is 8. The van der Waals surface area contributed by atoms with Gasteiger partial charge in [-0.2, -0.15) is 0 Å². The molecular weight excluding hydrogens is 244 g/mol. The highest BCUT2D eigenvalue weighted by Gasteiger charge is 2.21. The van der Waals surface area contributed by atoms with Gasteiger partial charge in [0.2, 0.25) is 0 Å². The fraction of sp³-hybridized carbons (Fsp3) is 0.789. The van der Waals surface area contributed by atoms with Crippen molar-refractivity contribution in [1.82, 2.24) is 0 Å². The van der Waals surface area contributed by atoms with Crippen LogP contribution in [0.25, 0.3) is 0 Å². The summed E-state index contributed by atoms with van der Waals surface area (Å²) in [5.41, 5.74) is 2.49. The first-order chi connectivity index (χ1) is 9.34. The first kappa shape index (κ1) is 17.5. The second kappa shape index (κ2) is 8.02. The highest BCUT2D eigenvalue weighted by molar-refractivity contribution is 5.24. The van der Waals surface area contributed by atoms with Crippen LogP contribution in [0.3, 0.4) is 0 Å². The monoisotopic (exact) mass is 278 g/mol. The molecule has 0 bridgehead atoms. The second-order valence-electron chi connectivity index (χ2n) is 7.24. The van der Waals surface area contributed by atoms with Crippen molar-refractivity contribution in [3.8, 4) is 0 Å². The lowest BCUT2D eigenvalue weighted by atomic mass is 9.84. The Kier molecular flexibility index (Phi) is 7.02. The maximum absolute atomic E-state index is 10.5. The Hall–Kier alpha value is -0.560. The fourth-order valence-corrected chi connectivity index (χ4v) is 2.81. The maximum atomic E-state index is 10.5. The highest BCUT2D eigenvalue weighted by atomic mass is 16.3. The first-order valence-corrected chi connectivity index (χ1v) is 8.42. The van der Waals surface area contributed by atoms with Gasteiger partial charge in [0.1, 0.15) is 0 Å². The van der Waals surface area contributed by atoms with E-state index in [1.54, 1.807) is 0 Å². The predicted molar refractivity (Wildman–Crippen MR) is 88.8 cm³/mol. The topological polar surface area (TPSA) is 20.2 Å². The van der Waals surface area contributed by atoms with Crippen molar-refractivity contribution >= 4 is 0 Å². The molecule has 20 heavy (non-hydrogen) atoms. The van der Waals surface area contributed by atoms with Crippen LogP contribution in [0.15, 0.2) is 23.3 Å². The van der Waals surface area contributed by atoms with Gasteiger partial charge in [-0.15, -0.1) is 0 Å². The third-order valence-corrected chi connectivity index (χ3v) is 5.02. The number of aliphatic hydroxyl groups is 1. The number of hydrogen-bond donors (Lipinski definition) is 1. The van der Waals surface area contributed by atoms with Crippen molar-refractivity contribution in [3.63, 3.8) is 0 Å². The van der Waals surface area contributed by atoms with Crippen molar-refractivity contribution in [2.24, 2.45) is 11.8 Å². The SMILES string of the molecule is CCC(C)CCCC(C)(O)CCC1=CC=C(C)C(C)C1. The van der Waals surface area contributed by atoms with Gasteiger partial charge in [0.25, 0.3) is 0 Å². The van der Waals surface area contributed by atoms with E-state index in [2.05, 4.69) is 39.8 Å². The Bertz CT molecular complexity index is 349. The van der Waals surface area contributed by atoms with Crippen LogP contribution in [-0.4, -0.2) is 10.7 Å². The Labute approximate surface area is 126 Å². The molecule has 1 heteroatoms. The van der Waals surface area contributed by atoms with Crippen molar-refractivity contribution in [3.05, 3.63) is 23.3 Å². The maximum Gasteiger partial charge on any atom is 0.0622 e. The lowest BCUT2D eigenvalue weighted by Crippen LogP contribution is -2.24. The third-order valence-electron chi connectivity index (χ3n) is 5.02. The summed E-state index contributed by atoms with van der Waals surface area (Å²) in [6, 6.07) is 0. The van der Waals surface area contributed by atoms with Crippen molar-refractivity contribution in [1.29, 1.82) is 0 Å². The zero-order valence-corrected chi connectivity index (χ0v) is 14.2. The summed E-state index contributed by atoms with van der Waals surface area (Å²) in [5.74, 6) is 1.46. The van der Waals surface area contributed by atoms with Gasteiger partial charge in [-0.05, 0) is 51.4 Å². The molecule has 0 aromatic carbocycles. The van der Waals surface area contributed by atoms with E-state index in [1.807, 2.05) is 6.92 Å². The molecule has 0 heterocycles. The minimum atomic E-state index is -0.492. The molecule has 1 nitrogen and oxygen atoms in total. The quantitative estimate of drug-likeness (QED) is 0.608. The van der Waals surface area contributed by atoms with Crippen molar-refractivity contribution in [2.75, 3.05) is 0 Å². The molecule has 116 valence electrons. The lowest BCUT2D eigenvalue weighted by Gasteiger charge is -2.26. The minimum absolute atomic E-state index is 0.492. The summed E-state index contributed by atoms with van der Waals surface area (Å²) in [7, 11) is 0. The number of hydrogen-bond acceptors (Lipinski definition) is 1. The van der Waals surface area contributed by atoms with Crippen molar-refractivity contribution in [2.45, 2.75) is 85.2 Å². The molecule has 1 aliphatic carbocycles. The molecular formula is C19H34O. The molecule has 0 spiro atoms. The zero-order chi connectivity index (χ0) is 15.2. The van der Waals surface area contributed by atoms with Gasteiger partial charge in [0.05, 0.1) is 5.60 Å². The summed E-state index contributed by atoms with van der Waals surface area (Å²) >= 11 is 0. The summed E-state index contributed by atoms with van der Waals surface area (Å²) in [6.07, 6.45) is 12.2. The Morgan fingerprint density at radius 1 is 1.35 bits per heavy atom. The van der Waals surface area contributed by atoms with Gasteiger partial charge >= 0.3 is 0 Å². The average Bonchev–Trinajstić information content (AvgIpc) is 2.40. The molecule has 3 unspecified atom stereocenters. The summed E-state index contributed by atoms with van der Waals surface area (Å²) < 4.78 is 0. The molecule has 0 radical (unpaired) electrons. The van der Waals surface area contributed by atoms with Crippen LogP contribution in [0.5, 0.6) is 0 Å². The Morgan fingerprint density at radius 2 is 2.05 bits per heavy atom. The fourth-order valence-electron chi connectivity index (χ4n) is 2.81. The van der Waals surface area contributed by atoms with E-state index in [1.165, 1.54) is 30.4 Å². The first-order valence-electron chi connectivity index (χ1n) is 8.42. The molecule has 0 fully saturated rings. The van der Waals surface area contributed by atoms with E-state index in [9.17, 15) is 5.11 Å². The van der Waals surface area contributed by atoms with Crippen LogP contribution in [0.2, 0.25) is 0 Å². The van der Waals surface area contributed by atoms with Gasteiger partial charge in [-0.1, -0.05) is 63.3 Å². The van der Waals surface area contributed by atoms with Crippen LogP contribution >= 0.6 is 0 Å². The van der Waals surface area contributed by atoms with E-state index < -0.39 is 5.60 Å². The van der Waals surface area contributed by atoms with E-state index in [0.29, 0.717) is 5.92 Å². The van der Waals surface area contributed by atoms with Crippen LogP contribution in [0, 0.1) is 11.8 Å². The van der Waals surface area contributed by atoms with Crippen LogP contribution < -0.4 is 0 Å². The van der Waals surface area contributed by atoms with Gasteiger partial charge in [0, 0.05) is 0 Å². The van der Waals surface area contributed by atoms with Crippen LogP contribution in [0.4, 0.5) is 0 Å². The van der Waals surface area contributed by atoms with Gasteiger partial charge in [-0.3, -0.25) is 0 Å². The molecule has 0 amide bonds. The molecule has 0 saturated carbocycles. The molecule has 0 aromatic rings. The summed E-state index contributed by atoms with van der Waals surface area (Å²) in [6.45, 7) is 11.1. The second-order valence-corrected chi connectivity index (χ2v) is 7.24. The summed E-state index contributed by atoms with van der Waals surface area (Å²) in [4.78, 5) is 0. The predicted octanol–water partition coefficient (Wildman–Crippen LogP) is 5.65. The van der Waals surface area contributed by atoms with Gasteiger partial charge in [-0.25, -0.2) is 0 Å². The Morgan fingerprint density at radius 3 is 2.65 bits per heavy atom. The Balaban J connectivity index is 2.32. The third kappa shape index (κ3) is 6.26. The van der Waals surface area contributed by atoms with E-state index in [4.69, 9.17) is 0 Å². The normalized spacial score (nSPS) is 23.8. The standard InChI is InChI=1S/C19H34O/c1-6-15(2)8-7-12-19(5,20)13-11-18-10-9-16(3)17(4)14-18/h9-10,15,17,20H,6-8,11-14H2,1-5H3. The molecule has 0 aromatic heterocycles. The van der Waals surface area contributed by atoms with E-state index in [0.717, 1.165) is 31.6 Å². The molecule has 3 atom stereocenters. The van der Waals surface area contributed by atoms with Crippen LogP contribution in [-0.2, 0) is 0 Å². The largest absolute Gasteiger partial charge is 0.390 e. The molecule has 0 aliphatic heterocycles. The average molecular weight is 278 g/mol. The van der Waals surface area contributed by atoms with Crippen molar-refractivity contribution < 1.29 is 5.11 Å². The number of allylic oxidation sites excluding steroid dienone is 4. The summed E-state index contributed by atoms with van der Waals surface area (Å²) in [5, 5.41) is 10.5. The van der Waals surface area contributed by atoms with Gasteiger partial charge < -0.3 is 5.11 Å².